The molecule has 2 aromatic carbocycles. The normalized spacial score (nSPS) is 17.0. The van der Waals surface area contributed by atoms with E-state index in [9.17, 15) is 9.59 Å². The van der Waals surface area contributed by atoms with Crippen LogP contribution in [-0.4, -0.2) is 36.8 Å². The number of carbonyl (C=O) groups is 2. The molecule has 0 aromatic heterocycles. The quantitative estimate of drug-likeness (QED) is 0.749. The molecule has 5 heteroatoms. The van der Waals surface area contributed by atoms with E-state index >= 15 is 0 Å². The smallest absolute Gasteiger partial charge is 0.253 e. The molecule has 0 N–H and O–H groups in total. The maximum absolute atomic E-state index is 12.9. The zero-order valence-electron chi connectivity index (χ0n) is 15.0. The molecular formula is C21H22ClNO3. The summed E-state index contributed by atoms with van der Waals surface area (Å²) in [6, 6.07) is 12.4. The number of methoxy groups -OCH3 is 1. The molecule has 4 nitrogen and oxygen atoms in total. The number of likely N-dealkylation sites (tertiary alicyclic amines) is 1. The van der Waals surface area contributed by atoms with E-state index in [0.717, 1.165) is 18.4 Å². The van der Waals surface area contributed by atoms with Gasteiger partial charge in [0.25, 0.3) is 5.91 Å². The summed E-state index contributed by atoms with van der Waals surface area (Å²) in [7, 11) is 1.59. The van der Waals surface area contributed by atoms with Crippen LogP contribution in [0.5, 0.6) is 5.75 Å². The van der Waals surface area contributed by atoms with E-state index in [0.29, 0.717) is 35.0 Å². The van der Waals surface area contributed by atoms with Gasteiger partial charge in [-0.05, 0) is 67.8 Å². The average Bonchev–Trinajstić information content (AvgIpc) is 2.67. The third-order valence-corrected chi connectivity index (χ3v) is 5.11. The van der Waals surface area contributed by atoms with Crippen molar-refractivity contribution in [2.45, 2.75) is 19.8 Å². The fourth-order valence-corrected chi connectivity index (χ4v) is 3.64. The van der Waals surface area contributed by atoms with Gasteiger partial charge in [-0.1, -0.05) is 11.6 Å². The molecule has 3 rings (SSSR count). The first-order valence-electron chi connectivity index (χ1n) is 8.73. The first-order valence-corrected chi connectivity index (χ1v) is 9.11. The van der Waals surface area contributed by atoms with Crippen molar-refractivity contribution in [2.75, 3.05) is 20.2 Å². The highest BCUT2D eigenvalue weighted by Crippen LogP contribution is 2.25. The molecule has 1 aliphatic heterocycles. The number of hydrogen-bond donors (Lipinski definition) is 0. The number of Topliss-reactive ketones (excluding diaryl/α,β-unsaturated/α-hetero) is 1. The van der Waals surface area contributed by atoms with E-state index in [1.54, 1.807) is 54.5 Å². The van der Waals surface area contributed by atoms with E-state index in [2.05, 4.69) is 0 Å². The predicted molar refractivity (Wildman–Crippen MR) is 102 cm³/mol. The van der Waals surface area contributed by atoms with Gasteiger partial charge in [0.05, 0.1) is 7.11 Å². The van der Waals surface area contributed by atoms with Crippen molar-refractivity contribution >= 4 is 23.3 Å². The lowest BCUT2D eigenvalue weighted by atomic mass is 9.88. The van der Waals surface area contributed by atoms with Gasteiger partial charge < -0.3 is 9.64 Å². The van der Waals surface area contributed by atoms with Crippen molar-refractivity contribution in [1.29, 1.82) is 0 Å². The predicted octanol–water partition coefficient (Wildman–Crippen LogP) is 4.39. The lowest BCUT2D eigenvalue weighted by Crippen LogP contribution is -2.42. The van der Waals surface area contributed by atoms with Crippen molar-refractivity contribution in [1.82, 2.24) is 4.90 Å². The zero-order chi connectivity index (χ0) is 18.7. The fraction of sp³-hybridized carbons (Fsp3) is 0.333. The van der Waals surface area contributed by atoms with Gasteiger partial charge in [-0.3, -0.25) is 9.59 Å². The number of rotatable bonds is 4. The van der Waals surface area contributed by atoms with Gasteiger partial charge in [0, 0.05) is 35.2 Å². The van der Waals surface area contributed by atoms with E-state index in [1.165, 1.54) is 0 Å². The van der Waals surface area contributed by atoms with Gasteiger partial charge in [0.2, 0.25) is 0 Å². The summed E-state index contributed by atoms with van der Waals surface area (Å²) in [5.74, 6) is 0.585. The Morgan fingerprint density at radius 1 is 1.15 bits per heavy atom. The number of ketones is 1. The fourth-order valence-electron chi connectivity index (χ4n) is 3.42. The molecule has 0 spiro atoms. The molecule has 2 aromatic rings. The molecule has 1 atom stereocenters. The van der Waals surface area contributed by atoms with Crippen molar-refractivity contribution in [3.05, 3.63) is 64.2 Å². The van der Waals surface area contributed by atoms with Crippen LogP contribution < -0.4 is 4.74 Å². The largest absolute Gasteiger partial charge is 0.497 e. The van der Waals surface area contributed by atoms with E-state index in [-0.39, 0.29) is 17.6 Å². The average molecular weight is 372 g/mol. The van der Waals surface area contributed by atoms with Crippen LogP contribution in [0.1, 0.15) is 39.1 Å². The number of aryl methyl sites for hydroxylation is 1. The minimum Gasteiger partial charge on any atom is -0.497 e. The zero-order valence-corrected chi connectivity index (χ0v) is 15.8. The number of piperidine rings is 1. The summed E-state index contributed by atoms with van der Waals surface area (Å²) in [5.41, 5.74) is 2.18. The molecular weight excluding hydrogens is 350 g/mol. The van der Waals surface area contributed by atoms with E-state index in [4.69, 9.17) is 16.3 Å². The molecule has 1 saturated heterocycles. The number of halogens is 1. The molecule has 0 saturated carbocycles. The number of benzene rings is 2. The minimum absolute atomic E-state index is 0.0435. The van der Waals surface area contributed by atoms with Crippen molar-refractivity contribution in [3.63, 3.8) is 0 Å². The van der Waals surface area contributed by atoms with Crippen LogP contribution in [-0.2, 0) is 0 Å². The van der Waals surface area contributed by atoms with Gasteiger partial charge in [0.15, 0.2) is 5.78 Å². The standard InChI is InChI=1S/C21H22ClNO3/c1-14-12-17(22)7-10-19(14)20(24)16-4-3-11-23(13-16)21(25)15-5-8-18(26-2)9-6-15/h5-10,12,16H,3-4,11,13H2,1-2H3/t16-/m1/s1. The highest BCUT2D eigenvalue weighted by Gasteiger charge is 2.30. The van der Waals surface area contributed by atoms with Crippen LogP contribution in [0, 0.1) is 12.8 Å². The minimum atomic E-state index is -0.175. The highest BCUT2D eigenvalue weighted by molar-refractivity contribution is 6.30. The Morgan fingerprint density at radius 3 is 2.54 bits per heavy atom. The summed E-state index contributed by atoms with van der Waals surface area (Å²) in [4.78, 5) is 27.5. The Morgan fingerprint density at radius 2 is 1.88 bits per heavy atom. The molecule has 0 unspecified atom stereocenters. The molecule has 136 valence electrons. The lowest BCUT2D eigenvalue weighted by molar-refractivity contribution is 0.0637. The SMILES string of the molecule is COc1ccc(C(=O)N2CCC[C@@H](C(=O)c3ccc(Cl)cc3C)C2)cc1. The second-order valence-corrected chi connectivity index (χ2v) is 7.08. The van der Waals surface area contributed by atoms with E-state index in [1.807, 2.05) is 6.92 Å². The molecule has 1 amide bonds. The maximum atomic E-state index is 12.9. The van der Waals surface area contributed by atoms with Crippen molar-refractivity contribution < 1.29 is 14.3 Å². The van der Waals surface area contributed by atoms with Gasteiger partial charge in [-0.25, -0.2) is 0 Å². The summed E-state index contributed by atoms with van der Waals surface area (Å²) in [6.45, 7) is 3.02. The van der Waals surface area contributed by atoms with Crippen LogP contribution >= 0.6 is 11.6 Å². The summed E-state index contributed by atoms with van der Waals surface area (Å²) < 4.78 is 5.13. The monoisotopic (exact) mass is 371 g/mol. The number of amides is 1. The Bertz CT molecular complexity index is 817. The lowest BCUT2D eigenvalue weighted by Gasteiger charge is -2.32. The van der Waals surface area contributed by atoms with Crippen LogP contribution in [0.4, 0.5) is 0 Å². The second kappa shape index (κ2) is 7.92. The topological polar surface area (TPSA) is 46.6 Å². The van der Waals surface area contributed by atoms with Crippen LogP contribution in [0.15, 0.2) is 42.5 Å². The molecule has 26 heavy (non-hydrogen) atoms. The molecule has 1 heterocycles. The summed E-state index contributed by atoms with van der Waals surface area (Å²) >= 11 is 5.99. The second-order valence-electron chi connectivity index (χ2n) is 6.64. The summed E-state index contributed by atoms with van der Waals surface area (Å²) in [5, 5.41) is 0.624. The summed E-state index contributed by atoms with van der Waals surface area (Å²) in [6.07, 6.45) is 1.62. The Hall–Kier alpha value is -2.33. The number of ether oxygens (including phenoxy) is 1. The number of nitrogens with zero attached hydrogens (tertiary/aromatic N) is 1. The van der Waals surface area contributed by atoms with E-state index < -0.39 is 0 Å². The van der Waals surface area contributed by atoms with Crippen LogP contribution in [0.25, 0.3) is 0 Å². The Kier molecular flexibility index (Phi) is 5.62. The van der Waals surface area contributed by atoms with Crippen LogP contribution in [0.3, 0.4) is 0 Å². The van der Waals surface area contributed by atoms with Gasteiger partial charge in [-0.15, -0.1) is 0 Å². The Labute approximate surface area is 158 Å². The first-order chi connectivity index (χ1) is 12.5. The third-order valence-electron chi connectivity index (χ3n) is 4.87. The number of hydrogen-bond acceptors (Lipinski definition) is 3. The molecule has 0 radical (unpaired) electrons. The highest BCUT2D eigenvalue weighted by atomic mass is 35.5. The first kappa shape index (κ1) is 18.5. The van der Waals surface area contributed by atoms with Crippen LogP contribution in [0.2, 0.25) is 5.02 Å². The van der Waals surface area contributed by atoms with Crippen molar-refractivity contribution in [3.8, 4) is 5.75 Å². The molecule has 0 bridgehead atoms. The molecule has 1 fully saturated rings. The Balaban J connectivity index is 1.73. The third kappa shape index (κ3) is 3.91. The maximum Gasteiger partial charge on any atom is 0.253 e. The number of carbonyl (C=O) groups excluding carboxylic acids is 2. The van der Waals surface area contributed by atoms with Gasteiger partial charge in [0.1, 0.15) is 5.75 Å². The molecule has 1 aliphatic rings. The van der Waals surface area contributed by atoms with Crippen molar-refractivity contribution in [2.24, 2.45) is 5.92 Å². The molecule has 0 aliphatic carbocycles. The van der Waals surface area contributed by atoms with Gasteiger partial charge in [-0.2, -0.15) is 0 Å². The van der Waals surface area contributed by atoms with Gasteiger partial charge >= 0.3 is 0 Å².